The normalized spacial score (nSPS) is 12.2. The summed E-state index contributed by atoms with van der Waals surface area (Å²) in [6, 6.07) is 8.25. The fourth-order valence-electron chi connectivity index (χ4n) is 1.94. The van der Waals surface area contributed by atoms with Crippen LogP contribution >= 0.6 is 0 Å². The van der Waals surface area contributed by atoms with Crippen molar-refractivity contribution in [3.8, 4) is 0 Å². The van der Waals surface area contributed by atoms with E-state index in [1.165, 1.54) is 18.0 Å². The number of nitrogens with one attached hydrogen (secondary N) is 1. The Labute approximate surface area is 119 Å². The zero-order valence-corrected chi connectivity index (χ0v) is 12.0. The fourth-order valence-corrected chi connectivity index (χ4v) is 1.94. The lowest BCUT2D eigenvalue weighted by Gasteiger charge is -2.15. The molecule has 0 fully saturated rings. The lowest BCUT2D eigenvalue weighted by Crippen LogP contribution is -2.27. The topological polar surface area (TPSA) is 54.9 Å². The van der Waals surface area contributed by atoms with E-state index < -0.39 is 0 Å². The van der Waals surface area contributed by atoms with Gasteiger partial charge in [-0.2, -0.15) is 0 Å². The Bertz CT molecular complexity index is 564. The van der Waals surface area contributed by atoms with Crippen LogP contribution in [0, 0.1) is 0 Å². The lowest BCUT2D eigenvalue weighted by molar-refractivity contribution is 0.0934. The van der Waals surface area contributed by atoms with Gasteiger partial charge >= 0.3 is 0 Å². The standard InChI is InChI=1S/C16H19N3O/c1-11(2)13-4-6-14(7-5-13)12(3)19-16(20)15-10-17-8-9-18-15/h4-12H,1-3H3,(H,19,20)/t12-/m0/s1. The monoisotopic (exact) mass is 269 g/mol. The van der Waals surface area contributed by atoms with E-state index in [1.807, 2.05) is 6.92 Å². The first kappa shape index (κ1) is 14.2. The summed E-state index contributed by atoms with van der Waals surface area (Å²) in [5, 5.41) is 2.92. The minimum Gasteiger partial charge on any atom is -0.344 e. The molecule has 0 aliphatic rings. The number of carbonyl (C=O) groups excluding carboxylic acids is 1. The third kappa shape index (κ3) is 3.41. The molecule has 0 saturated heterocycles. The molecule has 1 N–H and O–H groups in total. The molecule has 0 unspecified atom stereocenters. The van der Waals surface area contributed by atoms with Crippen LogP contribution in [0.2, 0.25) is 0 Å². The van der Waals surface area contributed by atoms with E-state index in [2.05, 4.69) is 53.4 Å². The Morgan fingerprint density at radius 1 is 1.05 bits per heavy atom. The van der Waals surface area contributed by atoms with Gasteiger partial charge in [-0.1, -0.05) is 38.1 Å². The van der Waals surface area contributed by atoms with Gasteiger partial charge in [0.15, 0.2) is 0 Å². The Hall–Kier alpha value is -2.23. The molecule has 0 spiro atoms. The van der Waals surface area contributed by atoms with Gasteiger partial charge < -0.3 is 5.32 Å². The van der Waals surface area contributed by atoms with Crippen LogP contribution in [0.4, 0.5) is 0 Å². The summed E-state index contributed by atoms with van der Waals surface area (Å²) < 4.78 is 0. The van der Waals surface area contributed by atoms with Gasteiger partial charge in [-0.25, -0.2) is 4.98 Å². The van der Waals surface area contributed by atoms with Crippen LogP contribution in [0.25, 0.3) is 0 Å². The first-order chi connectivity index (χ1) is 9.58. The molecule has 0 aliphatic carbocycles. The molecular formula is C16H19N3O. The highest BCUT2D eigenvalue weighted by atomic mass is 16.1. The zero-order chi connectivity index (χ0) is 14.5. The Kier molecular flexibility index (Phi) is 4.45. The van der Waals surface area contributed by atoms with Gasteiger partial charge in [0.25, 0.3) is 5.91 Å². The number of hydrogen-bond acceptors (Lipinski definition) is 3. The van der Waals surface area contributed by atoms with Gasteiger partial charge in [0.2, 0.25) is 0 Å². The predicted molar refractivity (Wildman–Crippen MR) is 78.4 cm³/mol. The maximum Gasteiger partial charge on any atom is 0.271 e. The van der Waals surface area contributed by atoms with Crippen molar-refractivity contribution in [2.75, 3.05) is 0 Å². The average Bonchev–Trinajstić information content (AvgIpc) is 2.48. The number of rotatable bonds is 4. The molecule has 1 heterocycles. The molecule has 4 heteroatoms. The molecule has 1 aromatic carbocycles. The molecule has 2 rings (SSSR count). The van der Waals surface area contributed by atoms with Crippen LogP contribution in [-0.2, 0) is 0 Å². The van der Waals surface area contributed by atoms with E-state index in [0.29, 0.717) is 11.6 Å². The minimum absolute atomic E-state index is 0.0641. The van der Waals surface area contributed by atoms with Crippen LogP contribution in [-0.4, -0.2) is 15.9 Å². The summed E-state index contributed by atoms with van der Waals surface area (Å²) >= 11 is 0. The highest BCUT2D eigenvalue weighted by Crippen LogP contribution is 2.18. The minimum atomic E-state index is -0.210. The maximum atomic E-state index is 12.0. The highest BCUT2D eigenvalue weighted by molar-refractivity contribution is 5.92. The molecule has 1 amide bonds. The molecule has 20 heavy (non-hydrogen) atoms. The van der Waals surface area contributed by atoms with Crippen molar-refractivity contribution in [2.45, 2.75) is 32.7 Å². The van der Waals surface area contributed by atoms with Crippen LogP contribution in [0.5, 0.6) is 0 Å². The predicted octanol–water partition coefficient (Wildman–Crippen LogP) is 3.09. The third-order valence-corrected chi connectivity index (χ3v) is 3.25. The molecule has 0 bridgehead atoms. The Morgan fingerprint density at radius 2 is 1.70 bits per heavy atom. The number of amides is 1. The maximum absolute atomic E-state index is 12.0. The molecule has 4 nitrogen and oxygen atoms in total. The summed E-state index contributed by atoms with van der Waals surface area (Å²) in [6.07, 6.45) is 4.52. The second kappa shape index (κ2) is 6.28. The summed E-state index contributed by atoms with van der Waals surface area (Å²) in [6.45, 7) is 6.28. The Morgan fingerprint density at radius 3 is 2.25 bits per heavy atom. The van der Waals surface area contributed by atoms with Crippen LogP contribution < -0.4 is 5.32 Å². The number of aromatic nitrogens is 2. The first-order valence-electron chi connectivity index (χ1n) is 6.74. The third-order valence-electron chi connectivity index (χ3n) is 3.25. The summed E-state index contributed by atoms with van der Waals surface area (Å²) in [7, 11) is 0. The van der Waals surface area contributed by atoms with E-state index in [0.717, 1.165) is 5.56 Å². The quantitative estimate of drug-likeness (QED) is 0.928. The summed E-state index contributed by atoms with van der Waals surface area (Å²) in [5.41, 5.74) is 2.70. The SMILES string of the molecule is CC(C)c1ccc([C@H](C)NC(=O)c2cnccn2)cc1. The van der Waals surface area contributed by atoms with Crippen molar-refractivity contribution >= 4 is 5.91 Å². The van der Waals surface area contributed by atoms with E-state index in [1.54, 1.807) is 6.20 Å². The zero-order valence-electron chi connectivity index (χ0n) is 12.0. The van der Waals surface area contributed by atoms with Crippen LogP contribution in [0.1, 0.15) is 54.3 Å². The second-order valence-electron chi connectivity index (χ2n) is 5.11. The van der Waals surface area contributed by atoms with Crippen molar-refractivity contribution in [1.82, 2.24) is 15.3 Å². The van der Waals surface area contributed by atoms with E-state index in [9.17, 15) is 4.79 Å². The molecule has 0 saturated carbocycles. The van der Waals surface area contributed by atoms with E-state index in [-0.39, 0.29) is 11.9 Å². The fraction of sp³-hybridized carbons (Fsp3) is 0.312. The second-order valence-corrected chi connectivity index (χ2v) is 5.11. The van der Waals surface area contributed by atoms with E-state index in [4.69, 9.17) is 0 Å². The summed E-state index contributed by atoms with van der Waals surface area (Å²) in [5.74, 6) is 0.298. The molecule has 104 valence electrons. The molecule has 2 aromatic rings. The van der Waals surface area contributed by atoms with Crippen LogP contribution in [0.15, 0.2) is 42.9 Å². The smallest absolute Gasteiger partial charge is 0.271 e. The van der Waals surface area contributed by atoms with Crippen molar-refractivity contribution in [1.29, 1.82) is 0 Å². The molecule has 0 aliphatic heterocycles. The number of hydrogen-bond donors (Lipinski definition) is 1. The van der Waals surface area contributed by atoms with Crippen LogP contribution in [0.3, 0.4) is 0 Å². The number of carbonyl (C=O) groups is 1. The van der Waals surface area contributed by atoms with E-state index >= 15 is 0 Å². The average molecular weight is 269 g/mol. The van der Waals surface area contributed by atoms with Gasteiger partial charge in [0.1, 0.15) is 5.69 Å². The van der Waals surface area contributed by atoms with Crippen molar-refractivity contribution in [3.63, 3.8) is 0 Å². The van der Waals surface area contributed by atoms with Gasteiger partial charge in [-0.05, 0) is 24.0 Å². The molecular weight excluding hydrogens is 250 g/mol. The van der Waals surface area contributed by atoms with Crippen molar-refractivity contribution in [2.24, 2.45) is 0 Å². The van der Waals surface area contributed by atoms with Crippen molar-refractivity contribution < 1.29 is 4.79 Å². The van der Waals surface area contributed by atoms with Gasteiger partial charge in [-0.3, -0.25) is 9.78 Å². The van der Waals surface area contributed by atoms with Gasteiger partial charge in [0, 0.05) is 12.4 Å². The lowest BCUT2D eigenvalue weighted by atomic mass is 9.99. The molecule has 1 aromatic heterocycles. The highest BCUT2D eigenvalue weighted by Gasteiger charge is 2.12. The van der Waals surface area contributed by atoms with Gasteiger partial charge in [0.05, 0.1) is 12.2 Å². The first-order valence-corrected chi connectivity index (χ1v) is 6.74. The number of benzene rings is 1. The Balaban J connectivity index is 2.04. The largest absolute Gasteiger partial charge is 0.344 e. The van der Waals surface area contributed by atoms with Gasteiger partial charge in [-0.15, -0.1) is 0 Å². The summed E-state index contributed by atoms with van der Waals surface area (Å²) in [4.78, 5) is 19.9. The molecule has 1 atom stereocenters. The van der Waals surface area contributed by atoms with Crippen molar-refractivity contribution in [3.05, 3.63) is 59.7 Å². The number of nitrogens with zero attached hydrogens (tertiary/aromatic N) is 2. The molecule has 0 radical (unpaired) electrons.